The van der Waals surface area contributed by atoms with Gasteiger partial charge in [0, 0.05) is 44.6 Å². The standard InChI is InChI=1S/C14H27N3O2/c1-5-12-9-17(14(19)10(3)7-15)13(6-2)8-16(12)11(4)18/h10,12-13H,5-9,15H2,1-4H3. The van der Waals surface area contributed by atoms with E-state index < -0.39 is 0 Å². The van der Waals surface area contributed by atoms with Crippen molar-refractivity contribution in [1.29, 1.82) is 0 Å². The first-order valence-corrected chi connectivity index (χ1v) is 7.23. The lowest BCUT2D eigenvalue weighted by atomic mass is 9.99. The number of amides is 2. The van der Waals surface area contributed by atoms with Crippen LogP contribution in [0.5, 0.6) is 0 Å². The van der Waals surface area contributed by atoms with E-state index in [4.69, 9.17) is 5.73 Å². The summed E-state index contributed by atoms with van der Waals surface area (Å²) >= 11 is 0. The van der Waals surface area contributed by atoms with E-state index in [0.717, 1.165) is 12.8 Å². The highest BCUT2D eigenvalue weighted by Crippen LogP contribution is 2.21. The zero-order valence-corrected chi connectivity index (χ0v) is 12.6. The number of carbonyl (C=O) groups is 2. The molecule has 5 heteroatoms. The molecule has 1 rings (SSSR count). The third-order valence-electron chi connectivity index (χ3n) is 4.10. The van der Waals surface area contributed by atoms with E-state index in [1.54, 1.807) is 6.92 Å². The Balaban J connectivity index is 2.88. The van der Waals surface area contributed by atoms with Gasteiger partial charge >= 0.3 is 0 Å². The summed E-state index contributed by atoms with van der Waals surface area (Å²) in [6, 6.07) is 0.252. The van der Waals surface area contributed by atoms with Gasteiger partial charge in [0.15, 0.2) is 0 Å². The summed E-state index contributed by atoms with van der Waals surface area (Å²) in [5.74, 6) is 0.0794. The highest BCUT2D eigenvalue weighted by Gasteiger charge is 2.36. The van der Waals surface area contributed by atoms with E-state index in [9.17, 15) is 9.59 Å². The fraction of sp³-hybridized carbons (Fsp3) is 0.857. The Kier molecular flexibility index (Phi) is 5.79. The van der Waals surface area contributed by atoms with Crippen LogP contribution in [0.4, 0.5) is 0 Å². The van der Waals surface area contributed by atoms with Crippen LogP contribution in [0.1, 0.15) is 40.5 Å². The van der Waals surface area contributed by atoms with Gasteiger partial charge in [-0.15, -0.1) is 0 Å². The fourth-order valence-corrected chi connectivity index (χ4v) is 2.69. The second kappa shape index (κ2) is 6.89. The van der Waals surface area contributed by atoms with Crippen LogP contribution in [0, 0.1) is 5.92 Å². The molecular formula is C14H27N3O2. The van der Waals surface area contributed by atoms with Crippen molar-refractivity contribution < 1.29 is 9.59 Å². The molecule has 2 N–H and O–H groups in total. The van der Waals surface area contributed by atoms with Crippen molar-refractivity contribution >= 4 is 11.8 Å². The van der Waals surface area contributed by atoms with Crippen molar-refractivity contribution in [3.05, 3.63) is 0 Å². The van der Waals surface area contributed by atoms with Crippen LogP contribution in [-0.4, -0.2) is 53.3 Å². The first kappa shape index (κ1) is 16.0. The average molecular weight is 269 g/mol. The third-order valence-corrected chi connectivity index (χ3v) is 4.10. The maximum Gasteiger partial charge on any atom is 0.227 e. The number of carbonyl (C=O) groups excluding carboxylic acids is 2. The average Bonchev–Trinajstić information content (AvgIpc) is 2.43. The minimum atomic E-state index is -0.143. The van der Waals surface area contributed by atoms with Crippen molar-refractivity contribution in [2.45, 2.75) is 52.6 Å². The second-order valence-electron chi connectivity index (χ2n) is 5.42. The molecule has 1 fully saturated rings. The zero-order valence-electron chi connectivity index (χ0n) is 12.6. The van der Waals surface area contributed by atoms with Gasteiger partial charge in [0.25, 0.3) is 0 Å². The van der Waals surface area contributed by atoms with Crippen molar-refractivity contribution in [1.82, 2.24) is 9.80 Å². The zero-order chi connectivity index (χ0) is 14.6. The molecular weight excluding hydrogens is 242 g/mol. The lowest BCUT2D eigenvalue weighted by molar-refractivity contribution is -0.148. The number of piperazine rings is 1. The second-order valence-corrected chi connectivity index (χ2v) is 5.42. The van der Waals surface area contributed by atoms with Crippen molar-refractivity contribution in [2.24, 2.45) is 11.7 Å². The lowest BCUT2D eigenvalue weighted by Gasteiger charge is -2.46. The van der Waals surface area contributed by atoms with Gasteiger partial charge in [-0.1, -0.05) is 20.8 Å². The van der Waals surface area contributed by atoms with Gasteiger partial charge in [-0.25, -0.2) is 0 Å². The molecule has 0 radical (unpaired) electrons. The molecule has 0 saturated carbocycles. The topological polar surface area (TPSA) is 66.6 Å². The number of hydrogen-bond acceptors (Lipinski definition) is 3. The fourth-order valence-electron chi connectivity index (χ4n) is 2.69. The van der Waals surface area contributed by atoms with Crippen molar-refractivity contribution in [3.63, 3.8) is 0 Å². The summed E-state index contributed by atoms with van der Waals surface area (Å²) in [5.41, 5.74) is 5.60. The maximum atomic E-state index is 12.4. The smallest absolute Gasteiger partial charge is 0.227 e. The number of nitrogens with two attached hydrogens (primary N) is 1. The molecule has 0 aromatic rings. The van der Waals surface area contributed by atoms with Crippen LogP contribution in [0.3, 0.4) is 0 Å². The maximum absolute atomic E-state index is 12.4. The van der Waals surface area contributed by atoms with Crippen molar-refractivity contribution in [2.75, 3.05) is 19.6 Å². The van der Waals surface area contributed by atoms with Crippen LogP contribution in [0.15, 0.2) is 0 Å². The van der Waals surface area contributed by atoms with Gasteiger partial charge in [0.2, 0.25) is 11.8 Å². The Hall–Kier alpha value is -1.10. The Labute approximate surface area is 116 Å². The molecule has 3 atom stereocenters. The molecule has 3 unspecified atom stereocenters. The van der Waals surface area contributed by atoms with Gasteiger partial charge in [-0.3, -0.25) is 9.59 Å². The summed E-state index contributed by atoms with van der Waals surface area (Å²) in [7, 11) is 0. The van der Waals surface area contributed by atoms with Gasteiger partial charge in [0.05, 0.1) is 0 Å². The minimum Gasteiger partial charge on any atom is -0.336 e. The predicted octanol–water partition coefficient (Wildman–Crippen LogP) is 0.829. The molecule has 1 aliphatic rings. The van der Waals surface area contributed by atoms with Gasteiger partial charge in [0.1, 0.15) is 0 Å². The van der Waals surface area contributed by atoms with E-state index in [0.29, 0.717) is 19.6 Å². The monoisotopic (exact) mass is 269 g/mol. The van der Waals surface area contributed by atoms with E-state index >= 15 is 0 Å². The van der Waals surface area contributed by atoms with Crippen LogP contribution in [-0.2, 0) is 9.59 Å². The molecule has 1 saturated heterocycles. The molecule has 5 nitrogen and oxygen atoms in total. The first-order valence-electron chi connectivity index (χ1n) is 7.23. The van der Waals surface area contributed by atoms with Crippen LogP contribution in [0.25, 0.3) is 0 Å². The summed E-state index contributed by atoms with van der Waals surface area (Å²) in [5, 5.41) is 0. The molecule has 0 aliphatic carbocycles. The minimum absolute atomic E-state index is 0.101. The Bertz CT molecular complexity index is 333. The highest BCUT2D eigenvalue weighted by molar-refractivity contribution is 5.80. The Morgan fingerprint density at radius 3 is 2.05 bits per heavy atom. The van der Waals surface area contributed by atoms with E-state index in [1.807, 2.05) is 16.7 Å². The molecule has 19 heavy (non-hydrogen) atoms. The predicted molar refractivity (Wildman–Crippen MR) is 75.5 cm³/mol. The Morgan fingerprint density at radius 2 is 1.63 bits per heavy atom. The summed E-state index contributed by atoms with van der Waals surface area (Å²) in [6.07, 6.45) is 1.74. The number of hydrogen-bond donors (Lipinski definition) is 1. The molecule has 0 bridgehead atoms. The molecule has 2 amide bonds. The van der Waals surface area contributed by atoms with Crippen molar-refractivity contribution in [3.8, 4) is 0 Å². The van der Waals surface area contributed by atoms with Gasteiger partial charge in [-0.2, -0.15) is 0 Å². The summed E-state index contributed by atoms with van der Waals surface area (Å²) < 4.78 is 0. The molecule has 1 aliphatic heterocycles. The molecule has 0 aromatic heterocycles. The lowest BCUT2D eigenvalue weighted by Crippen LogP contribution is -2.61. The van der Waals surface area contributed by atoms with E-state index in [1.165, 1.54) is 0 Å². The van der Waals surface area contributed by atoms with E-state index in [-0.39, 0.29) is 29.8 Å². The molecule has 1 heterocycles. The van der Waals surface area contributed by atoms with Gasteiger partial charge in [-0.05, 0) is 12.8 Å². The van der Waals surface area contributed by atoms with Crippen LogP contribution >= 0.6 is 0 Å². The first-order chi connectivity index (χ1) is 8.96. The van der Waals surface area contributed by atoms with Crippen LogP contribution < -0.4 is 5.73 Å². The van der Waals surface area contributed by atoms with Gasteiger partial charge < -0.3 is 15.5 Å². The normalized spacial score (nSPS) is 25.3. The molecule has 0 aromatic carbocycles. The highest BCUT2D eigenvalue weighted by atomic mass is 16.2. The number of rotatable bonds is 4. The molecule has 110 valence electrons. The third kappa shape index (κ3) is 3.47. The van der Waals surface area contributed by atoms with E-state index in [2.05, 4.69) is 13.8 Å². The Morgan fingerprint density at radius 1 is 1.16 bits per heavy atom. The summed E-state index contributed by atoms with van der Waals surface area (Å²) in [4.78, 5) is 27.9. The quantitative estimate of drug-likeness (QED) is 0.822. The molecule has 0 spiro atoms. The largest absolute Gasteiger partial charge is 0.336 e. The summed E-state index contributed by atoms with van der Waals surface area (Å²) in [6.45, 7) is 9.25. The van der Waals surface area contributed by atoms with Crippen LogP contribution in [0.2, 0.25) is 0 Å². The number of nitrogens with zero attached hydrogens (tertiary/aromatic N) is 2. The SMILES string of the molecule is CCC1CN(C(=O)C(C)CN)C(CC)CN1C(C)=O.